The predicted octanol–water partition coefficient (Wildman–Crippen LogP) is 3.40. The van der Waals surface area contributed by atoms with Gasteiger partial charge in [-0.15, -0.1) is 0 Å². The van der Waals surface area contributed by atoms with Gasteiger partial charge in [-0.05, 0) is 25.3 Å². The molecular formula is C14H19NO4S. The van der Waals surface area contributed by atoms with E-state index in [9.17, 15) is 18.5 Å². The van der Waals surface area contributed by atoms with Crippen LogP contribution in [0.5, 0.6) is 0 Å². The largest absolute Gasteiger partial charge is 0.270 e. The van der Waals surface area contributed by atoms with Crippen molar-refractivity contribution in [3.63, 3.8) is 0 Å². The molecule has 1 saturated carbocycles. The zero-order chi connectivity index (χ0) is 14.8. The zero-order valence-electron chi connectivity index (χ0n) is 11.5. The summed E-state index contributed by atoms with van der Waals surface area (Å²) in [7, 11) is -3.48. The van der Waals surface area contributed by atoms with Gasteiger partial charge in [0.05, 0.1) is 15.1 Å². The Labute approximate surface area is 119 Å². The van der Waals surface area contributed by atoms with Gasteiger partial charge in [0.15, 0.2) is 9.84 Å². The topological polar surface area (TPSA) is 77.3 Å². The summed E-state index contributed by atoms with van der Waals surface area (Å²) in [6, 6.07) is 4.07. The third-order valence-electron chi connectivity index (χ3n) is 3.93. The molecule has 1 aliphatic carbocycles. The SMILES string of the molecule is Cc1ccc([N+](=O)[O-])cc1S(=O)(=O)C1CCCCCC1. The summed E-state index contributed by atoms with van der Waals surface area (Å²) < 4.78 is 25.4. The lowest BCUT2D eigenvalue weighted by Crippen LogP contribution is -2.21. The maximum atomic E-state index is 12.7. The Morgan fingerprint density at radius 2 is 1.75 bits per heavy atom. The van der Waals surface area contributed by atoms with Gasteiger partial charge in [0.2, 0.25) is 0 Å². The van der Waals surface area contributed by atoms with Crippen LogP contribution in [0.4, 0.5) is 5.69 Å². The van der Waals surface area contributed by atoms with E-state index in [1.807, 2.05) is 0 Å². The molecule has 20 heavy (non-hydrogen) atoms. The Hall–Kier alpha value is -1.43. The summed E-state index contributed by atoms with van der Waals surface area (Å²) in [5.74, 6) is 0. The van der Waals surface area contributed by atoms with Crippen LogP contribution in [0.2, 0.25) is 0 Å². The summed E-state index contributed by atoms with van der Waals surface area (Å²) in [6.45, 7) is 1.69. The fourth-order valence-corrected chi connectivity index (χ4v) is 4.86. The van der Waals surface area contributed by atoms with Crippen molar-refractivity contribution in [2.24, 2.45) is 0 Å². The molecule has 1 aliphatic rings. The second-order valence-corrected chi connectivity index (χ2v) is 7.56. The van der Waals surface area contributed by atoms with Crippen LogP contribution in [-0.4, -0.2) is 18.6 Å². The third-order valence-corrected chi connectivity index (χ3v) is 6.33. The zero-order valence-corrected chi connectivity index (χ0v) is 12.4. The molecule has 2 rings (SSSR count). The molecule has 0 aromatic heterocycles. The summed E-state index contributed by atoms with van der Waals surface area (Å²) in [5.41, 5.74) is 0.419. The van der Waals surface area contributed by atoms with Gasteiger partial charge in [-0.1, -0.05) is 31.7 Å². The molecule has 0 saturated heterocycles. The number of benzene rings is 1. The molecule has 6 heteroatoms. The minimum atomic E-state index is -3.48. The highest BCUT2D eigenvalue weighted by Gasteiger charge is 2.30. The molecule has 0 amide bonds. The Kier molecular flexibility index (Phi) is 4.42. The van der Waals surface area contributed by atoms with Gasteiger partial charge in [0, 0.05) is 12.1 Å². The number of non-ortho nitro benzene ring substituents is 1. The number of nitro benzene ring substituents is 1. The van der Waals surface area contributed by atoms with E-state index < -0.39 is 20.0 Å². The molecule has 0 heterocycles. The van der Waals surface area contributed by atoms with Gasteiger partial charge >= 0.3 is 0 Å². The minimum Gasteiger partial charge on any atom is -0.258 e. The predicted molar refractivity (Wildman–Crippen MR) is 76.5 cm³/mol. The molecule has 1 fully saturated rings. The van der Waals surface area contributed by atoms with Gasteiger partial charge in [0.25, 0.3) is 5.69 Å². The van der Waals surface area contributed by atoms with Crippen LogP contribution < -0.4 is 0 Å². The van der Waals surface area contributed by atoms with E-state index in [1.54, 1.807) is 6.92 Å². The van der Waals surface area contributed by atoms with Crippen molar-refractivity contribution < 1.29 is 13.3 Å². The fraction of sp³-hybridized carbons (Fsp3) is 0.571. The first-order valence-corrected chi connectivity index (χ1v) is 8.46. The molecule has 0 aliphatic heterocycles. The third kappa shape index (κ3) is 3.00. The molecule has 110 valence electrons. The second kappa shape index (κ2) is 5.91. The molecule has 0 N–H and O–H groups in total. The second-order valence-electron chi connectivity index (χ2n) is 5.37. The molecule has 5 nitrogen and oxygen atoms in total. The number of aryl methyl sites for hydroxylation is 1. The maximum Gasteiger partial charge on any atom is 0.270 e. The van der Waals surface area contributed by atoms with Crippen molar-refractivity contribution in [3.8, 4) is 0 Å². The monoisotopic (exact) mass is 297 g/mol. The molecule has 1 aromatic carbocycles. The van der Waals surface area contributed by atoms with Crippen LogP contribution in [0.3, 0.4) is 0 Å². The molecule has 0 bridgehead atoms. The van der Waals surface area contributed by atoms with Crippen LogP contribution in [0.15, 0.2) is 23.1 Å². The summed E-state index contributed by atoms with van der Waals surface area (Å²) in [6.07, 6.45) is 5.28. The highest BCUT2D eigenvalue weighted by Crippen LogP contribution is 2.31. The van der Waals surface area contributed by atoms with Gasteiger partial charge in [-0.2, -0.15) is 0 Å². The van der Waals surface area contributed by atoms with Crippen molar-refractivity contribution in [1.82, 2.24) is 0 Å². The van der Waals surface area contributed by atoms with Crippen molar-refractivity contribution in [1.29, 1.82) is 0 Å². The first-order chi connectivity index (χ1) is 9.43. The Morgan fingerprint density at radius 3 is 2.30 bits per heavy atom. The van der Waals surface area contributed by atoms with Crippen LogP contribution in [0, 0.1) is 17.0 Å². The molecule has 0 atom stereocenters. The lowest BCUT2D eigenvalue weighted by atomic mass is 10.2. The maximum absolute atomic E-state index is 12.7. The van der Waals surface area contributed by atoms with Crippen LogP contribution in [0.25, 0.3) is 0 Å². The average molecular weight is 297 g/mol. The first-order valence-electron chi connectivity index (χ1n) is 6.92. The lowest BCUT2D eigenvalue weighted by molar-refractivity contribution is -0.385. The average Bonchev–Trinajstić information content (AvgIpc) is 2.68. The number of sulfone groups is 1. The van der Waals surface area contributed by atoms with E-state index in [2.05, 4.69) is 0 Å². The highest BCUT2D eigenvalue weighted by atomic mass is 32.2. The molecular weight excluding hydrogens is 278 g/mol. The van der Waals surface area contributed by atoms with Gasteiger partial charge in [-0.25, -0.2) is 8.42 Å². The van der Waals surface area contributed by atoms with Crippen LogP contribution in [0.1, 0.15) is 44.1 Å². The van der Waals surface area contributed by atoms with Gasteiger partial charge in [-0.3, -0.25) is 10.1 Å². The van der Waals surface area contributed by atoms with Gasteiger partial charge in [0.1, 0.15) is 0 Å². The summed E-state index contributed by atoms with van der Waals surface area (Å²) in [4.78, 5) is 10.4. The van der Waals surface area contributed by atoms with Crippen LogP contribution >= 0.6 is 0 Å². The summed E-state index contributed by atoms with van der Waals surface area (Å²) >= 11 is 0. The molecule has 1 aromatic rings. The number of rotatable bonds is 3. The van der Waals surface area contributed by atoms with Crippen molar-refractivity contribution >= 4 is 15.5 Å². The van der Waals surface area contributed by atoms with Crippen molar-refractivity contribution in [3.05, 3.63) is 33.9 Å². The number of hydrogen-bond acceptors (Lipinski definition) is 4. The normalized spacial score (nSPS) is 17.6. The Bertz CT molecular complexity index is 602. The molecule has 0 spiro atoms. The van der Waals surface area contributed by atoms with Crippen LogP contribution in [-0.2, 0) is 9.84 Å². The van der Waals surface area contributed by atoms with Gasteiger partial charge < -0.3 is 0 Å². The number of nitrogens with zero attached hydrogens (tertiary/aromatic N) is 1. The standard InChI is InChI=1S/C14H19NO4S/c1-11-8-9-12(15(16)17)10-14(11)20(18,19)13-6-4-2-3-5-7-13/h8-10,13H,2-7H2,1H3. The quantitative estimate of drug-likeness (QED) is 0.486. The molecule has 0 radical (unpaired) electrons. The smallest absolute Gasteiger partial charge is 0.258 e. The first kappa shape index (κ1) is 15.0. The van der Waals surface area contributed by atoms with E-state index in [-0.39, 0.29) is 10.6 Å². The van der Waals surface area contributed by atoms with Crippen molar-refractivity contribution in [2.45, 2.75) is 55.6 Å². The highest BCUT2D eigenvalue weighted by molar-refractivity contribution is 7.92. The Morgan fingerprint density at radius 1 is 1.15 bits per heavy atom. The fourth-order valence-electron chi connectivity index (χ4n) is 2.74. The van der Waals surface area contributed by atoms with E-state index in [1.165, 1.54) is 18.2 Å². The lowest BCUT2D eigenvalue weighted by Gasteiger charge is -2.16. The number of hydrogen-bond donors (Lipinski definition) is 0. The minimum absolute atomic E-state index is 0.124. The summed E-state index contributed by atoms with van der Waals surface area (Å²) in [5, 5.41) is 10.4. The Balaban J connectivity index is 2.42. The number of nitro groups is 1. The van der Waals surface area contributed by atoms with E-state index in [0.29, 0.717) is 18.4 Å². The van der Waals surface area contributed by atoms with E-state index in [0.717, 1.165) is 25.7 Å². The van der Waals surface area contributed by atoms with Crippen molar-refractivity contribution in [2.75, 3.05) is 0 Å². The molecule has 0 unspecified atom stereocenters. The van der Waals surface area contributed by atoms with E-state index in [4.69, 9.17) is 0 Å². The van der Waals surface area contributed by atoms with E-state index >= 15 is 0 Å².